The monoisotopic (exact) mass is 451 g/mol. The Balaban J connectivity index is 1.92. The summed E-state index contributed by atoms with van der Waals surface area (Å²) >= 11 is 0. The molecule has 0 aromatic heterocycles. The zero-order chi connectivity index (χ0) is 22.7. The van der Waals surface area contributed by atoms with Gasteiger partial charge in [-0.3, -0.25) is 9.54 Å². The van der Waals surface area contributed by atoms with Gasteiger partial charge in [0.2, 0.25) is 0 Å². The minimum atomic E-state index is -2.30. The standard InChI is InChI=1S/C29H26NO2P/c1-32-28(31)27-22-33(25-18-10-4-11-19-25,26-20-12-5-13-21-26)30-29(27,23-14-6-2-7-15-23)24-16-8-3-9-17-24/h2-21,27H,22H2,1H3. The van der Waals surface area contributed by atoms with Crippen molar-refractivity contribution in [2.75, 3.05) is 13.3 Å². The molecule has 0 radical (unpaired) electrons. The highest BCUT2D eigenvalue weighted by Crippen LogP contribution is 2.63. The Bertz CT molecular complexity index is 1210. The molecule has 0 fully saturated rings. The fourth-order valence-electron chi connectivity index (χ4n) is 5.06. The number of methoxy groups -OCH3 is 1. The molecule has 3 nitrogen and oxygen atoms in total. The van der Waals surface area contributed by atoms with Crippen LogP contribution in [0.5, 0.6) is 0 Å². The van der Waals surface area contributed by atoms with Crippen LogP contribution in [0, 0.1) is 5.92 Å². The molecule has 0 spiro atoms. The van der Waals surface area contributed by atoms with Gasteiger partial charge in [0.05, 0.1) is 13.0 Å². The van der Waals surface area contributed by atoms with Gasteiger partial charge in [-0.15, -0.1) is 0 Å². The SMILES string of the molecule is COC(=O)C1CP(c2ccccc2)(c2ccccc2)=NC1(c1ccccc1)c1ccccc1. The Morgan fingerprint density at radius 2 is 1.12 bits per heavy atom. The molecule has 0 saturated heterocycles. The number of carbonyl (C=O) groups excluding carboxylic acids is 1. The topological polar surface area (TPSA) is 38.7 Å². The van der Waals surface area contributed by atoms with E-state index in [2.05, 4.69) is 72.8 Å². The molecule has 1 unspecified atom stereocenters. The molecule has 0 N–H and O–H groups in total. The van der Waals surface area contributed by atoms with Crippen molar-refractivity contribution in [2.45, 2.75) is 5.54 Å². The highest BCUT2D eigenvalue weighted by atomic mass is 31.2. The first-order chi connectivity index (χ1) is 16.2. The molecule has 1 atom stereocenters. The second kappa shape index (κ2) is 8.84. The van der Waals surface area contributed by atoms with Crippen LogP contribution < -0.4 is 10.6 Å². The molecule has 4 aromatic rings. The normalized spacial score (nSPS) is 18.3. The van der Waals surface area contributed by atoms with Crippen molar-refractivity contribution in [1.82, 2.24) is 0 Å². The van der Waals surface area contributed by atoms with Crippen molar-refractivity contribution in [1.29, 1.82) is 0 Å². The molecule has 4 aromatic carbocycles. The van der Waals surface area contributed by atoms with Crippen LogP contribution in [-0.2, 0) is 15.1 Å². The molecule has 4 heteroatoms. The van der Waals surface area contributed by atoms with Gasteiger partial charge >= 0.3 is 5.97 Å². The van der Waals surface area contributed by atoms with Gasteiger partial charge in [-0.2, -0.15) is 0 Å². The van der Waals surface area contributed by atoms with E-state index in [0.717, 1.165) is 11.1 Å². The highest BCUT2D eigenvalue weighted by Gasteiger charge is 2.55. The van der Waals surface area contributed by atoms with Crippen molar-refractivity contribution < 1.29 is 9.53 Å². The molecule has 0 bridgehead atoms. The predicted molar refractivity (Wildman–Crippen MR) is 136 cm³/mol. The summed E-state index contributed by atoms with van der Waals surface area (Å²) in [5.74, 6) is -0.666. The van der Waals surface area contributed by atoms with Crippen LogP contribution in [0.15, 0.2) is 126 Å². The molecule has 1 heterocycles. The number of hydrogen-bond donors (Lipinski definition) is 0. The van der Waals surface area contributed by atoms with E-state index in [0.29, 0.717) is 6.16 Å². The van der Waals surface area contributed by atoms with Crippen molar-refractivity contribution in [2.24, 2.45) is 10.7 Å². The third-order valence-corrected chi connectivity index (χ3v) is 10.4. The summed E-state index contributed by atoms with van der Waals surface area (Å²) in [5, 5.41) is 2.36. The summed E-state index contributed by atoms with van der Waals surface area (Å²) in [5.41, 5.74) is 1.19. The summed E-state index contributed by atoms with van der Waals surface area (Å²) < 4.78 is 11.2. The lowest BCUT2D eigenvalue weighted by Crippen LogP contribution is -2.38. The number of esters is 1. The minimum absolute atomic E-state index is 0.222. The lowest BCUT2D eigenvalue weighted by atomic mass is 9.74. The van der Waals surface area contributed by atoms with Gasteiger partial charge in [0, 0.05) is 13.2 Å². The summed E-state index contributed by atoms with van der Waals surface area (Å²) in [7, 11) is -0.824. The molecule has 0 aliphatic carbocycles. The van der Waals surface area contributed by atoms with Gasteiger partial charge in [0.1, 0.15) is 5.54 Å². The number of nitrogens with zero attached hydrogens (tertiary/aromatic N) is 1. The second-order valence-corrected chi connectivity index (χ2v) is 11.4. The Labute approximate surface area is 195 Å². The van der Waals surface area contributed by atoms with Crippen LogP contribution in [0.25, 0.3) is 0 Å². The Hall–Kier alpha value is -3.42. The first-order valence-corrected chi connectivity index (χ1v) is 13.1. The van der Waals surface area contributed by atoms with E-state index in [1.54, 1.807) is 0 Å². The van der Waals surface area contributed by atoms with Crippen molar-refractivity contribution >= 4 is 23.6 Å². The smallest absolute Gasteiger partial charge is 0.312 e. The van der Waals surface area contributed by atoms with Crippen LogP contribution in [-0.4, -0.2) is 19.2 Å². The quantitative estimate of drug-likeness (QED) is 0.293. The molecular weight excluding hydrogens is 425 g/mol. The lowest BCUT2D eigenvalue weighted by molar-refractivity contribution is -0.146. The van der Waals surface area contributed by atoms with Gasteiger partial charge < -0.3 is 4.74 Å². The summed E-state index contributed by atoms with van der Waals surface area (Å²) in [6.07, 6.45) is 0.623. The maximum absolute atomic E-state index is 13.5. The summed E-state index contributed by atoms with van der Waals surface area (Å²) in [6, 6.07) is 41.4. The average molecular weight is 452 g/mol. The molecule has 0 amide bonds. The number of hydrogen-bond acceptors (Lipinski definition) is 3. The maximum Gasteiger partial charge on any atom is 0.312 e. The van der Waals surface area contributed by atoms with Crippen molar-refractivity contribution in [3.63, 3.8) is 0 Å². The highest BCUT2D eigenvalue weighted by molar-refractivity contribution is 7.81. The van der Waals surface area contributed by atoms with Gasteiger partial charge in [0.25, 0.3) is 0 Å². The van der Waals surface area contributed by atoms with Crippen molar-refractivity contribution in [3.8, 4) is 0 Å². The number of ether oxygens (including phenoxy) is 1. The van der Waals surface area contributed by atoms with Gasteiger partial charge in [-0.05, 0) is 21.7 Å². The van der Waals surface area contributed by atoms with Crippen LogP contribution >= 0.6 is 7.05 Å². The fraction of sp³-hybridized carbons (Fsp3) is 0.138. The molecule has 1 aliphatic rings. The third-order valence-electron chi connectivity index (χ3n) is 6.56. The van der Waals surface area contributed by atoms with E-state index in [1.165, 1.54) is 17.7 Å². The number of rotatable bonds is 5. The average Bonchev–Trinajstić information content (AvgIpc) is 3.29. The minimum Gasteiger partial charge on any atom is -0.469 e. The van der Waals surface area contributed by atoms with E-state index in [1.807, 2.05) is 48.5 Å². The molecule has 33 heavy (non-hydrogen) atoms. The van der Waals surface area contributed by atoms with E-state index < -0.39 is 18.5 Å². The third kappa shape index (κ3) is 3.53. The molecule has 164 valence electrons. The van der Waals surface area contributed by atoms with E-state index in [9.17, 15) is 4.79 Å². The maximum atomic E-state index is 13.5. The Morgan fingerprint density at radius 3 is 1.52 bits per heavy atom. The van der Waals surface area contributed by atoms with Gasteiger partial charge in [-0.25, -0.2) is 0 Å². The fourth-order valence-corrected chi connectivity index (χ4v) is 9.27. The Kier molecular flexibility index (Phi) is 5.74. The lowest BCUT2D eigenvalue weighted by Gasteiger charge is -2.33. The first kappa shape index (κ1) is 21.4. The van der Waals surface area contributed by atoms with Crippen LogP contribution in [0.1, 0.15) is 11.1 Å². The molecule has 1 aliphatic heterocycles. The molecule has 5 rings (SSSR count). The second-order valence-electron chi connectivity index (χ2n) is 8.30. The van der Waals surface area contributed by atoms with E-state index in [-0.39, 0.29) is 5.97 Å². The number of carbonyl (C=O) groups is 1. The summed E-state index contributed by atoms with van der Waals surface area (Å²) in [6.45, 7) is 0. The van der Waals surface area contributed by atoms with Gasteiger partial charge in [-0.1, -0.05) is 121 Å². The largest absolute Gasteiger partial charge is 0.469 e. The first-order valence-electron chi connectivity index (χ1n) is 11.1. The van der Waals surface area contributed by atoms with E-state index in [4.69, 9.17) is 9.48 Å². The van der Waals surface area contributed by atoms with Crippen LogP contribution in [0.4, 0.5) is 0 Å². The molecule has 0 saturated carbocycles. The summed E-state index contributed by atoms with van der Waals surface area (Å²) in [4.78, 5) is 13.5. The molecular formula is C29H26NO2P. The predicted octanol–water partition coefficient (Wildman–Crippen LogP) is 5.59. The van der Waals surface area contributed by atoms with E-state index >= 15 is 0 Å². The zero-order valence-corrected chi connectivity index (χ0v) is 19.4. The zero-order valence-electron chi connectivity index (χ0n) is 18.5. The van der Waals surface area contributed by atoms with Crippen molar-refractivity contribution in [3.05, 3.63) is 132 Å². The van der Waals surface area contributed by atoms with Gasteiger partial charge in [0.15, 0.2) is 0 Å². The van der Waals surface area contributed by atoms with Crippen LogP contribution in [0.3, 0.4) is 0 Å². The Morgan fingerprint density at radius 1 is 0.727 bits per heavy atom. The van der Waals surface area contributed by atoms with Crippen LogP contribution in [0.2, 0.25) is 0 Å². The number of benzene rings is 4.